The number of halogens is 1. The molecule has 0 fully saturated rings. The Kier molecular flexibility index (Phi) is 6.65. The molecule has 0 atom stereocenters. The fourth-order valence-corrected chi connectivity index (χ4v) is 4.72. The van der Waals surface area contributed by atoms with Crippen molar-refractivity contribution in [2.45, 2.75) is 26.0 Å². The molecule has 0 saturated heterocycles. The number of thiazole rings is 2. The summed E-state index contributed by atoms with van der Waals surface area (Å²) in [5.74, 6) is -1.46. The fourth-order valence-electron chi connectivity index (χ4n) is 1.63. The van der Waals surface area contributed by atoms with E-state index in [0.29, 0.717) is 20.3 Å². The summed E-state index contributed by atoms with van der Waals surface area (Å²) in [5, 5.41) is 4.59. The molecule has 2 heterocycles. The second-order valence-electron chi connectivity index (χ2n) is 5.32. The molecule has 12 heteroatoms. The van der Waals surface area contributed by atoms with Crippen LogP contribution < -0.4 is 10.0 Å². The van der Waals surface area contributed by atoms with Gasteiger partial charge in [-0.3, -0.25) is 14.3 Å². The predicted octanol–water partition coefficient (Wildman–Crippen LogP) is 2.15. The molecule has 0 aliphatic rings. The van der Waals surface area contributed by atoms with Gasteiger partial charge in [-0.1, -0.05) is 13.8 Å². The summed E-state index contributed by atoms with van der Waals surface area (Å²) in [7, 11) is -3.85. The van der Waals surface area contributed by atoms with Crippen LogP contribution in [-0.4, -0.2) is 30.2 Å². The zero-order valence-corrected chi connectivity index (χ0v) is 17.3. The van der Waals surface area contributed by atoms with Gasteiger partial charge in [-0.05, 0) is 15.9 Å². The average molecular weight is 467 g/mol. The minimum atomic E-state index is -3.85. The van der Waals surface area contributed by atoms with E-state index in [2.05, 4.69) is 31.2 Å². The van der Waals surface area contributed by atoms with E-state index in [1.54, 1.807) is 19.2 Å². The first kappa shape index (κ1) is 19.9. The lowest BCUT2D eigenvalue weighted by Gasteiger charge is -2.05. The second kappa shape index (κ2) is 8.34. The molecular weight excluding hydrogens is 452 g/mol. The Balaban J connectivity index is 1.93. The largest absolute Gasteiger partial charge is 0.302 e. The van der Waals surface area contributed by atoms with Gasteiger partial charge in [-0.15, -0.1) is 22.7 Å². The monoisotopic (exact) mass is 466 g/mol. The van der Waals surface area contributed by atoms with E-state index in [1.807, 2.05) is 4.72 Å². The van der Waals surface area contributed by atoms with Crippen LogP contribution in [0.3, 0.4) is 0 Å². The fraction of sp³-hybridized carbons (Fsp3) is 0.385. The minimum absolute atomic E-state index is 0.179. The molecule has 8 nitrogen and oxygen atoms in total. The Hall–Kier alpha value is -1.37. The number of hydrogen-bond acceptors (Lipinski definition) is 8. The first-order valence-corrected chi connectivity index (χ1v) is 11.2. The van der Waals surface area contributed by atoms with Gasteiger partial charge in [0.15, 0.2) is 5.13 Å². The van der Waals surface area contributed by atoms with E-state index < -0.39 is 21.7 Å². The third kappa shape index (κ3) is 6.13. The topological polar surface area (TPSA) is 118 Å². The second-order valence-corrected chi connectivity index (χ2v) is 10.1. The van der Waals surface area contributed by atoms with E-state index in [0.717, 1.165) is 0 Å². The Morgan fingerprint density at radius 2 is 2.04 bits per heavy atom. The van der Waals surface area contributed by atoms with Crippen molar-refractivity contribution in [1.82, 2.24) is 14.7 Å². The lowest BCUT2D eigenvalue weighted by Crippen LogP contribution is -2.33. The number of rotatable bonds is 7. The van der Waals surface area contributed by atoms with Crippen LogP contribution in [0.4, 0.5) is 5.13 Å². The molecule has 0 spiro atoms. The van der Waals surface area contributed by atoms with E-state index in [4.69, 9.17) is 0 Å². The maximum atomic E-state index is 12.0. The molecule has 0 aromatic carbocycles. The third-order valence-electron chi connectivity index (χ3n) is 2.84. The number of sulfonamides is 1. The predicted molar refractivity (Wildman–Crippen MR) is 99.9 cm³/mol. The molecule has 0 aliphatic carbocycles. The summed E-state index contributed by atoms with van der Waals surface area (Å²) in [6, 6.07) is 0. The SMILES string of the molecule is CC(C)C(=O)Nc1nc(CC(=O)NS(=O)(=O)Cc2ncsc2Br)cs1. The normalized spacial score (nSPS) is 11.5. The van der Waals surface area contributed by atoms with E-state index in [-0.39, 0.29) is 18.2 Å². The molecule has 2 amide bonds. The van der Waals surface area contributed by atoms with Crippen LogP contribution in [0.25, 0.3) is 0 Å². The maximum absolute atomic E-state index is 12.0. The minimum Gasteiger partial charge on any atom is -0.302 e. The smallest absolute Gasteiger partial charge is 0.240 e. The highest BCUT2D eigenvalue weighted by Gasteiger charge is 2.20. The Morgan fingerprint density at radius 3 is 2.64 bits per heavy atom. The molecule has 0 bridgehead atoms. The van der Waals surface area contributed by atoms with Crippen molar-refractivity contribution in [3.8, 4) is 0 Å². The van der Waals surface area contributed by atoms with Crippen LogP contribution in [0.1, 0.15) is 25.2 Å². The number of anilines is 1. The number of carbonyl (C=O) groups is 2. The number of aromatic nitrogens is 2. The summed E-state index contributed by atoms with van der Waals surface area (Å²) >= 11 is 5.64. The summed E-state index contributed by atoms with van der Waals surface area (Å²) in [4.78, 5) is 31.6. The number of amides is 2. The number of nitrogens with zero attached hydrogens (tertiary/aromatic N) is 2. The van der Waals surface area contributed by atoms with E-state index in [9.17, 15) is 18.0 Å². The van der Waals surface area contributed by atoms with Gasteiger partial charge in [0.05, 0.1) is 27.1 Å². The van der Waals surface area contributed by atoms with Crippen LogP contribution in [0.2, 0.25) is 0 Å². The van der Waals surface area contributed by atoms with Gasteiger partial charge in [0.25, 0.3) is 0 Å². The lowest BCUT2D eigenvalue weighted by molar-refractivity contribution is -0.119. The van der Waals surface area contributed by atoms with E-state index in [1.165, 1.54) is 28.2 Å². The first-order chi connectivity index (χ1) is 11.7. The van der Waals surface area contributed by atoms with Gasteiger partial charge < -0.3 is 5.32 Å². The molecule has 0 radical (unpaired) electrons. The highest BCUT2D eigenvalue weighted by Crippen LogP contribution is 2.22. The Morgan fingerprint density at radius 1 is 1.32 bits per heavy atom. The van der Waals surface area contributed by atoms with Gasteiger partial charge in [-0.25, -0.2) is 18.4 Å². The average Bonchev–Trinajstić information content (AvgIpc) is 3.07. The molecule has 2 aromatic rings. The van der Waals surface area contributed by atoms with Crippen LogP contribution in [0.5, 0.6) is 0 Å². The van der Waals surface area contributed by atoms with Gasteiger partial charge in [0.1, 0.15) is 5.75 Å². The van der Waals surface area contributed by atoms with Crippen molar-refractivity contribution in [1.29, 1.82) is 0 Å². The van der Waals surface area contributed by atoms with Crippen molar-refractivity contribution >= 4 is 65.6 Å². The van der Waals surface area contributed by atoms with Crippen LogP contribution in [0, 0.1) is 5.92 Å². The summed E-state index contributed by atoms with van der Waals surface area (Å²) in [6.07, 6.45) is -0.203. The van der Waals surface area contributed by atoms with Gasteiger partial charge in [0, 0.05) is 11.3 Å². The summed E-state index contributed by atoms with van der Waals surface area (Å²) in [6.45, 7) is 3.51. The van der Waals surface area contributed by atoms with Crippen molar-refractivity contribution < 1.29 is 18.0 Å². The molecule has 25 heavy (non-hydrogen) atoms. The molecule has 0 unspecified atom stereocenters. The maximum Gasteiger partial charge on any atom is 0.240 e. The molecule has 2 N–H and O–H groups in total. The lowest BCUT2D eigenvalue weighted by atomic mass is 10.2. The van der Waals surface area contributed by atoms with Crippen LogP contribution in [0.15, 0.2) is 14.7 Å². The Bertz CT molecular complexity index is 875. The van der Waals surface area contributed by atoms with Crippen molar-refractivity contribution in [3.63, 3.8) is 0 Å². The zero-order chi connectivity index (χ0) is 18.6. The van der Waals surface area contributed by atoms with E-state index >= 15 is 0 Å². The van der Waals surface area contributed by atoms with Crippen molar-refractivity contribution in [2.24, 2.45) is 5.92 Å². The quantitative estimate of drug-likeness (QED) is 0.644. The summed E-state index contributed by atoms with van der Waals surface area (Å²) in [5.41, 5.74) is 2.24. The first-order valence-electron chi connectivity index (χ1n) is 7.02. The number of carbonyl (C=O) groups excluding carboxylic acids is 2. The molecular formula is C13H15BrN4O4S3. The van der Waals surface area contributed by atoms with Gasteiger partial charge in [0.2, 0.25) is 21.8 Å². The number of nitrogens with one attached hydrogen (secondary N) is 2. The van der Waals surface area contributed by atoms with Crippen LogP contribution in [-0.2, 0) is 31.8 Å². The van der Waals surface area contributed by atoms with Gasteiger partial charge in [-0.2, -0.15) is 0 Å². The van der Waals surface area contributed by atoms with Gasteiger partial charge >= 0.3 is 0 Å². The highest BCUT2D eigenvalue weighted by atomic mass is 79.9. The molecule has 136 valence electrons. The summed E-state index contributed by atoms with van der Waals surface area (Å²) < 4.78 is 26.6. The molecule has 2 rings (SSSR count). The highest BCUT2D eigenvalue weighted by molar-refractivity contribution is 9.11. The Labute approximate surface area is 161 Å². The third-order valence-corrected chi connectivity index (χ3v) is 6.51. The molecule has 2 aromatic heterocycles. The van der Waals surface area contributed by atoms with Crippen molar-refractivity contribution in [2.75, 3.05) is 5.32 Å². The molecule has 0 saturated carbocycles. The zero-order valence-electron chi connectivity index (χ0n) is 13.3. The van der Waals surface area contributed by atoms with Crippen molar-refractivity contribution in [3.05, 3.63) is 26.1 Å². The molecule has 0 aliphatic heterocycles. The standard InChI is InChI=1S/C13H15BrN4O4S3/c1-7(2)12(20)17-13-16-8(4-23-13)3-10(19)18-25(21,22)5-9-11(14)24-6-15-9/h4,6-7H,3,5H2,1-2H3,(H,18,19)(H,16,17,20). The number of hydrogen-bond donors (Lipinski definition) is 2. The van der Waals surface area contributed by atoms with Crippen LogP contribution >= 0.6 is 38.6 Å².